The number of fused-ring (bicyclic) bond motifs is 1. The molecular formula is C25H32F3N3O2. The van der Waals surface area contributed by atoms with Crippen molar-refractivity contribution in [2.45, 2.75) is 46.2 Å². The third-order valence-electron chi connectivity index (χ3n) is 7.23. The van der Waals surface area contributed by atoms with E-state index >= 15 is 0 Å². The monoisotopic (exact) mass is 463 g/mol. The van der Waals surface area contributed by atoms with Crippen molar-refractivity contribution >= 4 is 11.6 Å². The number of benzene rings is 1. The van der Waals surface area contributed by atoms with Gasteiger partial charge in [-0.1, -0.05) is 20.8 Å². The number of ether oxygens (including phenoxy) is 1. The van der Waals surface area contributed by atoms with E-state index in [0.29, 0.717) is 51.0 Å². The summed E-state index contributed by atoms with van der Waals surface area (Å²) in [6.07, 6.45) is -1.42. The lowest BCUT2D eigenvalue weighted by Crippen LogP contribution is -2.55. The van der Waals surface area contributed by atoms with Gasteiger partial charge in [0.2, 0.25) is 5.91 Å². The summed E-state index contributed by atoms with van der Waals surface area (Å²) in [5.74, 6) is 0.936. The van der Waals surface area contributed by atoms with Gasteiger partial charge in [0.25, 0.3) is 0 Å². The van der Waals surface area contributed by atoms with Crippen LogP contribution in [0.15, 0.2) is 18.2 Å². The van der Waals surface area contributed by atoms with E-state index in [4.69, 9.17) is 10.00 Å². The molecule has 1 aromatic rings. The summed E-state index contributed by atoms with van der Waals surface area (Å²) in [5, 5.41) is 9.12. The predicted octanol–water partition coefficient (Wildman–Crippen LogP) is 4.70. The van der Waals surface area contributed by atoms with Crippen LogP contribution in [0, 0.1) is 34.0 Å². The third kappa shape index (κ3) is 4.98. The van der Waals surface area contributed by atoms with E-state index in [-0.39, 0.29) is 22.8 Å². The minimum atomic E-state index is -4.59. The van der Waals surface area contributed by atoms with Gasteiger partial charge in [-0.2, -0.15) is 18.4 Å². The summed E-state index contributed by atoms with van der Waals surface area (Å²) >= 11 is 0. The molecule has 4 rings (SSSR count). The normalized spacial score (nSPS) is 25.7. The van der Waals surface area contributed by atoms with E-state index < -0.39 is 17.2 Å². The van der Waals surface area contributed by atoms with Crippen molar-refractivity contribution in [1.82, 2.24) is 4.90 Å². The first-order valence-electron chi connectivity index (χ1n) is 11.7. The average molecular weight is 464 g/mol. The fourth-order valence-electron chi connectivity index (χ4n) is 5.21. The zero-order valence-corrected chi connectivity index (χ0v) is 19.5. The van der Waals surface area contributed by atoms with E-state index in [2.05, 4.69) is 0 Å². The van der Waals surface area contributed by atoms with Gasteiger partial charge in [-0.3, -0.25) is 4.79 Å². The molecule has 2 aliphatic heterocycles. The van der Waals surface area contributed by atoms with Gasteiger partial charge in [-0.25, -0.2) is 0 Å². The Morgan fingerprint density at radius 3 is 2.55 bits per heavy atom. The number of rotatable bonds is 5. The minimum absolute atomic E-state index is 0.0960. The highest BCUT2D eigenvalue weighted by Gasteiger charge is 2.52. The number of likely N-dealkylation sites (tertiary alicyclic amines) is 1. The van der Waals surface area contributed by atoms with E-state index in [1.807, 2.05) is 30.6 Å². The number of hydrogen-bond donors (Lipinski definition) is 0. The molecule has 1 saturated carbocycles. The molecule has 2 heterocycles. The zero-order chi connectivity index (χ0) is 24.0. The fourth-order valence-corrected chi connectivity index (χ4v) is 5.21. The lowest BCUT2D eigenvalue weighted by atomic mass is 9.73. The maximum atomic E-state index is 13.5. The largest absolute Gasteiger partial charge is 0.417 e. The van der Waals surface area contributed by atoms with Crippen LogP contribution >= 0.6 is 0 Å². The molecule has 33 heavy (non-hydrogen) atoms. The van der Waals surface area contributed by atoms with Crippen molar-refractivity contribution in [1.29, 1.82) is 5.26 Å². The number of carbonyl (C=O) groups excluding carboxylic acids is 1. The van der Waals surface area contributed by atoms with Crippen LogP contribution in [0.4, 0.5) is 18.9 Å². The molecule has 0 N–H and O–H groups in total. The zero-order valence-electron chi connectivity index (χ0n) is 19.5. The van der Waals surface area contributed by atoms with Gasteiger partial charge in [0.15, 0.2) is 0 Å². The molecule has 1 aliphatic carbocycles. The average Bonchev–Trinajstić information content (AvgIpc) is 3.49. The topological polar surface area (TPSA) is 56.6 Å². The second kappa shape index (κ2) is 8.50. The Hall–Kier alpha value is -2.27. The summed E-state index contributed by atoms with van der Waals surface area (Å²) in [4.78, 5) is 16.9. The van der Waals surface area contributed by atoms with Crippen LogP contribution < -0.4 is 4.90 Å². The molecule has 8 heteroatoms. The number of nitriles is 1. The summed E-state index contributed by atoms with van der Waals surface area (Å²) in [6.45, 7) is 9.29. The standard InChI is InChI=1S/C25H32F3N3O2/c1-23(2,3)22(32)30-9-8-19-12-31(15-24(19,14-30)16-33-13-17-4-5-17)20-7-6-18(11-29)21(10-20)25(26,27)28/h6-7,10,17,19H,4-5,8-9,12-16H2,1-3H3. The number of halogens is 3. The van der Waals surface area contributed by atoms with Crippen LogP contribution in [0.1, 0.15) is 51.2 Å². The molecule has 0 spiro atoms. The van der Waals surface area contributed by atoms with E-state index in [1.165, 1.54) is 18.9 Å². The van der Waals surface area contributed by atoms with Crippen molar-refractivity contribution < 1.29 is 22.7 Å². The Morgan fingerprint density at radius 2 is 1.94 bits per heavy atom. The van der Waals surface area contributed by atoms with Crippen LogP contribution in [0.25, 0.3) is 0 Å². The third-order valence-corrected chi connectivity index (χ3v) is 7.23. The van der Waals surface area contributed by atoms with Gasteiger partial charge in [-0.15, -0.1) is 0 Å². The second-order valence-electron chi connectivity index (χ2n) is 11.0. The van der Waals surface area contributed by atoms with Crippen LogP contribution in [-0.4, -0.2) is 50.2 Å². The Balaban J connectivity index is 1.60. The molecule has 3 fully saturated rings. The molecule has 3 aliphatic rings. The minimum Gasteiger partial charge on any atom is -0.380 e. The molecule has 0 radical (unpaired) electrons. The van der Waals surface area contributed by atoms with Crippen molar-refractivity contribution in [3.8, 4) is 6.07 Å². The van der Waals surface area contributed by atoms with Crippen molar-refractivity contribution in [3.05, 3.63) is 29.3 Å². The van der Waals surface area contributed by atoms with Crippen LogP contribution in [-0.2, 0) is 15.7 Å². The fraction of sp³-hybridized carbons (Fsp3) is 0.680. The van der Waals surface area contributed by atoms with Gasteiger partial charge >= 0.3 is 6.18 Å². The highest BCUT2D eigenvalue weighted by molar-refractivity contribution is 5.81. The molecule has 1 amide bonds. The van der Waals surface area contributed by atoms with Gasteiger partial charge in [-0.05, 0) is 49.3 Å². The number of amides is 1. The predicted molar refractivity (Wildman–Crippen MR) is 118 cm³/mol. The number of alkyl halides is 3. The van der Waals surface area contributed by atoms with Gasteiger partial charge < -0.3 is 14.5 Å². The maximum absolute atomic E-state index is 13.5. The number of piperidine rings is 1. The van der Waals surface area contributed by atoms with E-state index in [0.717, 1.165) is 12.5 Å². The molecular weight excluding hydrogens is 431 g/mol. The second-order valence-corrected chi connectivity index (χ2v) is 11.0. The maximum Gasteiger partial charge on any atom is 0.417 e. The quantitative estimate of drug-likeness (QED) is 0.635. The highest BCUT2D eigenvalue weighted by atomic mass is 19.4. The Labute approximate surface area is 193 Å². The lowest BCUT2D eigenvalue weighted by molar-refractivity contribution is -0.145. The molecule has 0 bridgehead atoms. The number of hydrogen-bond acceptors (Lipinski definition) is 4. The molecule has 2 atom stereocenters. The molecule has 0 aromatic heterocycles. The first-order chi connectivity index (χ1) is 15.4. The molecule has 5 nitrogen and oxygen atoms in total. The van der Waals surface area contributed by atoms with Crippen LogP contribution in [0.5, 0.6) is 0 Å². The molecule has 180 valence electrons. The molecule has 1 aromatic carbocycles. The Bertz CT molecular complexity index is 946. The molecule has 2 saturated heterocycles. The first-order valence-corrected chi connectivity index (χ1v) is 11.7. The van der Waals surface area contributed by atoms with Crippen LogP contribution in [0.3, 0.4) is 0 Å². The summed E-state index contributed by atoms with van der Waals surface area (Å²) < 4.78 is 46.7. The Morgan fingerprint density at radius 1 is 1.21 bits per heavy atom. The SMILES string of the molecule is CC(C)(C)C(=O)N1CCC2CN(c3ccc(C#N)c(C(F)(F)F)c3)CC2(COCC2CC2)C1. The highest BCUT2D eigenvalue weighted by Crippen LogP contribution is 2.46. The summed E-state index contributed by atoms with van der Waals surface area (Å²) in [6, 6.07) is 5.60. The van der Waals surface area contributed by atoms with E-state index in [9.17, 15) is 18.0 Å². The smallest absolute Gasteiger partial charge is 0.380 e. The van der Waals surface area contributed by atoms with Gasteiger partial charge in [0.1, 0.15) is 0 Å². The van der Waals surface area contributed by atoms with Gasteiger partial charge in [0, 0.05) is 49.3 Å². The molecule has 2 unspecified atom stereocenters. The summed E-state index contributed by atoms with van der Waals surface area (Å²) in [7, 11) is 0. The first kappa shape index (κ1) is 23.9. The van der Waals surface area contributed by atoms with Crippen molar-refractivity contribution in [2.75, 3.05) is 44.3 Å². The van der Waals surface area contributed by atoms with E-state index in [1.54, 1.807) is 12.1 Å². The lowest BCUT2D eigenvalue weighted by Gasteiger charge is -2.45. The number of carbonyl (C=O) groups is 1. The number of nitrogens with zero attached hydrogens (tertiary/aromatic N) is 3. The van der Waals surface area contributed by atoms with Crippen LogP contribution in [0.2, 0.25) is 0 Å². The van der Waals surface area contributed by atoms with Crippen molar-refractivity contribution in [3.63, 3.8) is 0 Å². The van der Waals surface area contributed by atoms with Gasteiger partial charge in [0.05, 0.1) is 23.8 Å². The summed E-state index contributed by atoms with van der Waals surface area (Å²) in [5.41, 5.74) is -1.62. The number of anilines is 1. The van der Waals surface area contributed by atoms with Crippen molar-refractivity contribution in [2.24, 2.45) is 22.7 Å². The Kier molecular flexibility index (Phi) is 6.15.